The van der Waals surface area contributed by atoms with E-state index < -0.39 is 0 Å². The summed E-state index contributed by atoms with van der Waals surface area (Å²) < 4.78 is 5.17. The summed E-state index contributed by atoms with van der Waals surface area (Å²) >= 11 is 0. The standard InChI is InChI=1S/C7H17OP/c1-2-8-6-4-3-5-7-9/h2-7,9H2,1H3. The maximum Gasteiger partial charge on any atom is 0.0465 e. The van der Waals surface area contributed by atoms with Gasteiger partial charge in [-0.1, -0.05) is 6.42 Å². The van der Waals surface area contributed by atoms with Crippen molar-refractivity contribution in [2.45, 2.75) is 26.2 Å². The van der Waals surface area contributed by atoms with Crippen LogP contribution in [0.1, 0.15) is 26.2 Å². The molecular weight excluding hydrogens is 131 g/mol. The van der Waals surface area contributed by atoms with E-state index in [9.17, 15) is 0 Å². The van der Waals surface area contributed by atoms with Crippen LogP contribution in [0.4, 0.5) is 0 Å². The molecule has 0 aromatic carbocycles. The molecule has 2 heteroatoms. The fraction of sp³-hybridized carbons (Fsp3) is 1.00. The molecular formula is C7H17OP. The van der Waals surface area contributed by atoms with Crippen LogP contribution in [0, 0.1) is 0 Å². The number of rotatable bonds is 6. The molecule has 0 aromatic heterocycles. The summed E-state index contributed by atoms with van der Waals surface area (Å²) in [6.45, 7) is 3.84. The Hall–Kier alpha value is 0.390. The highest BCUT2D eigenvalue weighted by molar-refractivity contribution is 7.16. The van der Waals surface area contributed by atoms with Gasteiger partial charge < -0.3 is 4.74 Å². The minimum atomic E-state index is 0.862. The molecule has 0 aliphatic heterocycles. The molecule has 0 saturated heterocycles. The molecule has 0 heterocycles. The SMILES string of the molecule is CCOCCCCCP. The van der Waals surface area contributed by atoms with Gasteiger partial charge in [0.2, 0.25) is 0 Å². The average Bonchev–Trinajstić information content (AvgIpc) is 1.89. The second kappa shape index (κ2) is 8.39. The molecule has 0 amide bonds. The van der Waals surface area contributed by atoms with Crippen molar-refractivity contribution in [2.24, 2.45) is 0 Å². The summed E-state index contributed by atoms with van der Waals surface area (Å²) in [5.41, 5.74) is 0. The van der Waals surface area contributed by atoms with E-state index in [0.717, 1.165) is 13.2 Å². The maximum atomic E-state index is 5.17. The minimum absolute atomic E-state index is 0.862. The van der Waals surface area contributed by atoms with Gasteiger partial charge in [0.15, 0.2) is 0 Å². The predicted octanol–water partition coefficient (Wildman–Crippen LogP) is 2.07. The molecule has 0 aromatic rings. The minimum Gasteiger partial charge on any atom is -0.382 e. The Morgan fingerprint density at radius 1 is 1.22 bits per heavy atom. The van der Waals surface area contributed by atoms with E-state index in [1.165, 1.54) is 25.4 Å². The van der Waals surface area contributed by atoms with Gasteiger partial charge in [0.05, 0.1) is 0 Å². The highest BCUT2D eigenvalue weighted by Gasteiger charge is 1.85. The largest absolute Gasteiger partial charge is 0.382 e. The number of hydrogen-bond acceptors (Lipinski definition) is 1. The topological polar surface area (TPSA) is 9.23 Å². The molecule has 0 N–H and O–H groups in total. The van der Waals surface area contributed by atoms with Gasteiger partial charge in [-0.2, -0.15) is 0 Å². The van der Waals surface area contributed by atoms with Gasteiger partial charge in [-0.15, -0.1) is 9.24 Å². The Balaban J connectivity index is 2.60. The van der Waals surface area contributed by atoms with Crippen molar-refractivity contribution in [2.75, 3.05) is 19.4 Å². The molecule has 9 heavy (non-hydrogen) atoms. The van der Waals surface area contributed by atoms with Gasteiger partial charge in [0, 0.05) is 13.2 Å². The van der Waals surface area contributed by atoms with Crippen LogP contribution in [0.25, 0.3) is 0 Å². The number of ether oxygens (including phenoxy) is 1. The normalized spacial score (nSPS) is 10.0. The van der Waals surface area contributed by atoms with Crippen molar-refractivity contribution in [3.05, 3.63) is 0 Å². The third-order valence-electron chi connectivity index (χ3n) is 1.20. The summed E-state index contributed by atoms with van der Waals surface area (Å²) in [5, 5.41) is 0. The van der Waals surface area contributed by atoms with E-state index >= 15 is 0 Å². The van der Waals surface area contributed by atoms with Crippen molar-refractivity contribution in [3.8, 4) is 0 Å². The molecule has 0 radical (unpaired) electrons. The first-order chi connectivity index (χ1) is 4.41. The van der Waals surface area contributed by atoms with Crippen LogP contribution in [-0.2, 0) is 4.74 Å². The molecule has 1 unspecified atom stereocenters. The monoisotopic (exact) mass is 148 g/mol. The first-order valence-corrected chi connectivity index (χ1v) is 4.51. The zero-order chi connectivity index (χ0) is 6.95. The molecule has 0 spiro atoms. The van der Waals surface area contributed by atoms with Crippen molar-refractivity contribution in [3.63, 3.8) is 0 Å². The second-order valence-corrected chi connectivity index (χ2v) is 2.62. The van der Waals surface area contributed by atoms with E-state index in [2.05, 4.69) is 9.24 Å². The fourth-order valence-corrected chi connectivity index (χ4v) is 0.958. The lowest BCUT2D eigenvalue weighted by Gasteiger charge is -1.98. The second-order valence-electron chi connectivity index (χ2n) is 2.05. The molecule has 1 atom stereocenters. The van der Waals surface area contributed by atoms with E-state index in [0.29, 0.717) is 0 Å². The van der Waals surface area contributed by atoms with Crippen molar-refractivity contribution in [1.29, 1.82) is 0 Å². The predicted molar refractivity (Wildman–Crippen MR) is 44.9 cm³/mol. The quantitative estimate of drug-likeness (QED) is 0.414. The van der Waals surface area contributed by atoms with Gasteiger partial charge in [-0.3, -0.25) is 0 Å². The Kier molecular flexibility index (Phi) is 8.75. The Bertz CT molecular complexity index is 42.2. The van der Waals surface area contributed by atoms with Gasteiger partial charge in [-0.25, -0.2) is 0 Å². The van der Waals surface area contributed by atoms with Crippen LogP contribution in [0.15, 0.2) is 0 Å². The van der Waals surface area contributed by atoms with Gasteiger partial charge in [0.1, 0.15) is 0 Å². The zero-order valence-corrected chi connectivity index (χ0v) is 7.38. The number of unbranched alkanes of at least 4 members (excludes halogenated alkanes) is 2. The maximum absolute atomic E-state index is 5.17. The van der Waals surface area contributed by atoms with Crippen LogP contribution in [0.3, 0.4) is 0 Å². The van der Waals surface area contributed by atoms with Crippen molar-refractivity contribution >= 4 is 9.24 Å². The highest BCUT2D eigenvalue weighted by Crippen LogP contribution is 1.98. The molecule has 0 rings (SSSR count). The van der Waals surface area contributed by atoms with Crippen LogP contribution < -0.4 is 0 Å². The summed E-state index contributed by atoms with van der Waals surface area (Å²) in [6.07, 6.45) is 5.08. The van der Waals surface area contributed by atoms with Gasteiger partial charge >= 0.3 is 0 Å². The highest BCUT2D eigenvalue weighted by atomic mass is 31.0. The first-order valence-electron chi connectivity index (χ1n) is 3.69. The van der Waals surface area contributed by atoms with Crippen LogP contribution in [0.2, 0.25) is 0 Å². The van der Waals surface area contributed by atoms with Crippen LogP contribution in [0.5, 0.6) is 0 Å². The molecule has 0 saturated carbocycles. The van der Waals surface area contributed by atoms with Crippen LogP contribution in [-0.4, -0.2) is 19.4 Å². The summed E-state index contributed by atoms with van der Waals surface area (Å²) in [7, 11) is 2.74. The smallest absolute Gasteiger partial charge is 0.0465 e. The molecule has 0 fully saturated rings. The first kappa shape index (κ1) is 9.39. The Morgan fingerprint density at radius 3 is 2.56 bits per heavy atom. The van der Waals surface area contributed by atoms with Crippen molar-refractivity contribution in [1.82, 2.24) is 0 Å². The lowest BCUT2D eigenvalue weighted by atomic mass is 10.3. The Labute approximate surface area is 60.4 Å². The summed E-state index contributed by atoms with van der Waals surface area (Å²) in [6, 6.07) is 0. The molecule has 1 nitrogen and oxygen atoms in total. The third-order valence-corrected chi connectivity index (χ3v) is 1.61. The van der Waals surface area contributed by atoms with Gasteiger partial charge in [-0.05, 0) is 25.9 Å². The molecule has 0 aliphatic rings. The zero-order valence-electron chi connectivity index (χ0n) is 6.23. The Morgan fingerprint density at radius 2 is 2.00 bits per heavy atom. The molecule has 56 valence electrons. The summed E-state index contributed by atoms with van der Waals surface area (Å²) in [4.78, 5) is 0. The van der Waals surface area contributed by atoms with E-state index in [4.69, 9.17) is 4.74 Å². The number of hydrogen-bond donors (Lipinski definition) is 0. The van der Waals surface area contributed by atoms with E-state index in [1.54, 1.807) is 0 Å². The van der Waals surface area contributed by atoms with Crippen LogP contribution >= 0.6 is 9.24 Å². The van der Waals surface area contributed by atoms with Gasteiger partial charge in [0.25, 0.3) is 0 Å². The average molecular weight is 148 g/mol. The molecule has 0 bridgehead atoms. The van der Waals surface area contributed by atoms with E-state index in [1.807, 2.05) is 6.92 Å². The van der Waals surface area contributed by atoms with Crippen molar-refractivity contribution < 1.29 is 4.74 Å². The third kappa shape index (κ3) is 8.39. The lowest BCUT2D eigenvalue weighted by Crippen LogP contribution is -1.92. The lowest BCUT2D eigenvalue weighted by molar-refractivity contribution is 0.143. The fourth-order valence-electron chi connectivity index (χ4n) is 0.670. The molecule has 0 aliphatic carbocycles. The van der Waals surface area contributed by atoms with E-state index in [-0.39, 0.29) is 0 Å². The summed E-state index contributed by atoms with van der Waals surface area (Å²) in [5.74, 6) is 0.